The molecule has 5 aromatic rings. The van der Waals surface area contributed by atoms with Gasteiger partial charge in [-0.05, 0) is 143 Å². The molecule has 2 atom stereocenters. The van der Waals surface area contributed by atoms with Gasteiger partial charge in [-0.2, -0.15) is 8.42 Å². The molecule has 0 spiro atoms. The van der Waals surface area contributed by atoms with Crippen LogP contribution >= 0.6 is 0 Å². The van der Waals surface area contributed by atoms with Gasteiger partial charge in [-0.1, -0.05) is 45.0 Å². The van der Waals surface area contributed by atoms with Gasteiger partial charge < -0.3 is 49.1 Å². The number of hydrogen-bond donors (Lipinski definition) is 3. The minimum Gasteiger partial charge on any atom is -0.493 e. The number of aryl methyl sites for hydroxylation is 1. The molecule has 0 aliphatic carbocycles. The van der Waals surface area contributed by atoms with Gasteiger partial charge in [0.2, 0.25) is 5.78 Å². The van der Waals surface area contributed by atoms with Gasteiger partial charge >= 0.3 is 11.6 Å². The molecule has 81 heavy (non-hydrogen) atoms. The Balaban J connectivity index is 0.950. The van der Waals surface area contributed by atoms with Crippen molar-refractivity contribution < 1.29 is 64.7 Å². The standard InChI is InChI=1S/C60H75N5O15S/c1-8-60(4,5)54(67)57(70)65-32-14-12-22-48(65)59(72)79-49(27-23-40-24-28-50(75-6)52(34-40)76-7)41-18-16-20-45(35-41)77-39-53(66)61-30-31-63-55(68)43-19-17-21-46(36-43)81(73,74)78-33-15-11-13-29-62-56(69)47-37-42-25-26-44(64(9-2)10-3)38-51(42)80-58(47)71/h16-21,24-26,28,34-38,48-49H,8-15,22-23,27,29-33,39H2,1-7H3,(H,61,66)(H,62,69)(H,63,68)/t48-,49+/m0/s1. The molecule has 6 rings (SSSR count). The summed E-state index contributed by atoms with van der Waals surface area (Å²) in [5, 5.41) is 8.67. The molecule has 1 aliphatic rings. The van der Waals surface area contributed by atoms with E-state index in [9.17, 15) is 42.0 Å². The highest BCUT2D eigenvalue weighted by atomic mass is 32.2. The van der Waals surface area contributed by atoms with Gasteiger partial charge in [0.15, 0.2) is 18.1 Å². The third-order valence-electron chi connectivity index (χ3n) is 14.3. The molecular weight excluding hydrogens is 1060 g/mol. The van der Waals surface area contributed by atoms with Crippen LogP contribution in [0.4, 0.5) is 5.69 Å². The molecule has 21 heteroatoms. The quantitative estimate of drug-likeness (QED) is 0.0132. The van der Waals surface area contributed by atoms with E-state index in [0.717, 1.165) is 24.3 Å². The van der Waals surface area contributed by atoms with E-state index >= 15 is 0 Å². The third-order valence-corrected chi connectivity index (χ3v) is 15.6. The summed E-state index contributed by atoms with van der Waals surface area (Å²) in [6, 6.07) is 23.7. The first-order valence-corrected chi connectivity index (χ1v) is 28.9. The number of carbonyl (C=O) groups is 6. The lowest BCUT2D eigenvalue weighted by Gasteiger charge is -2.36. The smallest absolute Gasteiger partial charge is 0.349 e. The van der Waals surface area contributed by atoms with E-state index in [2.05, 4.69) is 20.9 Å². The van der Waals surface area contributed by atoms with Crippen molar-refractivity contribution >= 4 is 62.2 Å². The summed E-state index contributed by atoms with van der Waals surface area (Å²) in [5.74, 6) is -2.13. The average Bonchev–Trinajstić information content (AvgIpc) is 3.48. The number of amides is 4. The average molecular weight is 1140 g/mol. The van der Waals surface area contributed by atoms with Crippen LogP contribution in [-0.2, 0) is 44.6 Å². The fourth-order valence-electron chi connectivity index (χ4n) is 9.11. The van der Waals surface area contributed by atoms with Crippen molar-refractivity contribution in [1.82, 2.24) is 20.9 Å². The molecule has 2 heterocycles. The molecule has 1 aromatic heterocycles. The molecule has 4 amide bonds. The second-order valence-corrected chi connectivity index (χ2v) is 21.8. The summed E-state index contributed by atoms with van der Waals surface area (Å²) in [6.07, 6.45) is 3.40. The number of methoxy groups -OCH3 is 2. The van der Waals surface area contributed by atoms with E-state index in [4.69, 9.17) is 27.5 Å². The first kappa shape index (κ1) is 62.4. The second-order valence-electron chi connectivity index (χ2n) is 20.2. The maximum atomic E-state index is 14.1. The van der Waals surface area contributed by atoms with Gasteiger partial charge in [0, 0.05) is 67.4 Å². The lowest BCUT2D eigenvalue weighted by Crippen LogP contribution is -2.53. The molecular formula is C60H75N5O15S. The summed E-state index contributed by atoms with van der Waals surface area (Å²) >= 11 is 0. The molecule has 3 N–H and O–H groups in total. The molecule has 1 fully saturated rings. The van der Waals surface area contributed by atoms with Gasteiger partial charge in [-0.25, -0.2) is 9.59 Å². The van der Waals surface area contributed by atoms with Crippen molar-refractivity contribution in [2.45, 2.75) is 109 Å². The molecule has 1 aliphatic heterocycles. The lowest BCUT2D eigenvalue weighted by atomic mass is 9.84. The van der Waals surface area contributed by atoms with Crippen LogP contribution in [0.25, 0.3) is 11.0 Å². The minimum atomic E-state index is -4.23. The van der Waals surface area contributed by atoms with Gasteiger partial charge in [-0.3, -0.25) is 28.2 Å². The van der Waals surface area contributed by atoms with Crippen LogP contribution in [0, 0.1) is 5.41 Å². The number of benzene rings is 4. The van der Waals surface area contributed by atoms with Crippen molar-refractivity contribution in [3.8, 4) is 17.2 Å². The predicted octanol–water partition coefficient (Wildman–Crippen LogP) is 7.49. The first-order valence-electron chi connectivity index (χ1n) is 27.5. The molecule has 1 saturated heterocycles. The van der Waals surface area contributed by atoms with E-state index in [0.29, 0.717) is 91.6 Å². The van der Waals surface area contributed by atoms with Gasteiger partial charge in [0.05, 0.1) is 25.7 Å². The summed E-state index contributed by atoms with van der Waals surface area (Å²) in [4.78, 5) is 95.6. The number of likely N-dealkylation sites (tertiary alicyclic amines) is 1. The van der Waals surface area contributed by atoms with Gasteiger partial charge in [0.25, 0.3) is 33.7 Å². The Bertz CT molecular complexity index is 3190. The Morgan fingerprint density at radius 3 is 2.27 bits per heavy atom. The topological polar surface area (TPSA) is 255 Å². The summed E-state index contributed by atoms with van der Waals surface area (Å²) in [7, 11) is -1.15. The molecule has 0 unspecified atom stereocenters. The number of nitrogens with zero attached hydrogens (tertiary/aromatic N) is 2. The van der Waals surface area contributed by atoms with Crippen LogP contribution in [-0.4, -0.2) is 121 Å². The normalized spacial score (nSPS) is 13.9. The Kier molecular flexibility index (Phi) is 22.8. The van der Waals surface area contributed by atoms with Gasteiger partial charge in [0.1, 0.15) is 29.0 Å². The highest BCUT2D eigenvalue weighted by Gasteiger charge is 2.41. The first-order chi connectivity index (χ1) is 38.8. The van der Waals surface area contributed by atoms with Gasteiger partial charge in [-0.15, -0.1) is 0 Å². The number of fused-ring (bicyclic) bond motifs is 1. The molecule has 4 aromatic carbocycles. The van der Waals surface area contributed by atoms with E-state index in [1.165, 1.54) is 42.3 Å². The zero-order valence-corrected chi connectivity index (χ0v) is 48.1. The number of nitrogens with one attached hydrogen (secondary N) is 3. The van der Waals surface area contributed by atoms with Crippen LogP contribution < -0.4 is 40.7 Å². The SMILES string of the molecule is CCN(CC)c1ccc2cc(C(=O)NCCCCCOS(=O)(=O)c3cccc(C(=O)NCCNC(=O)COc4cccc([C@@H](CCc5ccc(OC)c(OC)c5)OC(=O)[C@@H]5CCCCN5C(=O)C(=O)C(C)(C)CC)c4)c3)c(=O)oc2c1. The summed E-state index contributed by atoms with van der Waals surface area (Å²) in [5.41, 5.74) is 1.06. The van der Waals surface area contributed by atoms with Crippen LogP contribution in [0.1, 0.15) is 124 Å². The monoisotopic (exact) mass is 1140 g/mol. The zero-order chi connectivity index (χ0) is 58.7. The van der Waals surface area contributed by atoms with Crippen molar-refractivity contribution in [2.24, 2.45) is 5.41 Å². The predicted molar refractivity (Wildman–Crippen MR) is 304 cm³/mol. The maximum Gasteiger partial charge on any atom is 0.349 e. The number of ketones is 1. The fourth-order valence-corrected chi connectivity index (χ4v) is 10.1. The lowest BCUT2D eigenvalue weighted by molar-refractivity contribution is -0.164. The second kappa shape index (κ2) is 29.6. The number of anilines is 1. The maximum absolute atomic E-state index is 14.1. The summed E-state index contributed by atoms with van der Waals surface area (Å²) in [6.45, 7) is 10.9. The van der Waals surface area contributed by atoms with Crippen LogP contribution in [0.15, 0.2) is 105 Å². The van der Waals surface area contributed by atoms with Crippen molar-refractivity contribution in [1.29, 1.82) is 0 Å². The van der Waals surface area contributed by atoms with E-state index in [1.807, 2.05) is 39.0 Å². The van der Waals surface area contributed by atoms with Crippen molar-refractivity contribution in [3.63, 3.8) is 0 Å². The molecule has 0 bridgehead atoms. The van der Waals surface area contributed by atoms with Crippen LogP contribution in [0.2, 0.25) is 0 Å². The number of rotatable bonds is 30. The van der Waals surface area contributed by atoms with E-state index in [1.54, 1.807) is 63.4 Å². The number of carbonyl (C=O) groups excluding carboxylic acids is 6. The number of esters is 1. The Hall–Kier alpha value is -7.78. The molecule has 20 nitrogen and oxygen atoms in total. The number of unbranched alkanes of at least 4 members (excludes halogenated alkanes) is 2. The fraction of sp³-hybridized carbons (Fsp3) is 0.450. The zero-order valence-electron chi connectivity index (χ0n) is 47.3. The Labute approximate surface area is 473 Å². The minimum absolute atomic E-state index is 0.00324. The van der Waals surface area contributed by atoms with Crippen molar-refractivity contribution in [2.75, 3.05) is 71.6 Å². The van der Waals surface area contributed by atoms with Crippen LogP contribution in [0.3, 0.4) is 0 Å². The largest absolute Gasteiger partial charge is 0.493 e. The van der Waals surface area contributed by atoms with Crippen molar-refractivity contribution in [3.05, 3.63) is 124 Å². The highest BCUT2D eigenvalue weighted by Crippen LogP contribution is 2.33. The number of hydrogen-bond acceptors (Lipinski definition) is 16. The number of Topliss-reactive ketones (excluding diaryl/α,β-unsaturated/α-hetero) is 1. The van der Waals surface area contributed by atoms with E-state index in [-0.39, 0.29) is 48.8 Å². The Morgan fingerprint density at radius 2 is 1.53 bits per heavy atom. The molecule has 0 radical (unpaired) electrons. The highest BCUT2D eigenvalue weighted by molar-refractivity contribution is 7.86. The Morgan fingerprint density at radius 1 is 0.790 bits per heavy atom. The number of ether oxygens (including phenoxy) is 4. The molecule has 0 saturated carbocycles. The summed E-state index contributed by atoms with van der Waals surface area (Å²) < 4.78 is 59.8. The number of piperidine rings is 1. The van der Waals surface area contributed by atoms with E-state index < -0.39 is 75.3 Å². The van der Waals surface area contributed by atoms with Crippen LogP contribution in [0.5, 0.6) is 17.2 Å². The third kappa shape index (κ3) is 17.1. The molecule has 436 valence electrons.